The first-order valence-electron chi connectivity index (χ1n) is 6.77. The van der Waals surface area contributed by atoms with Crippen LogP contribution in [0, 0.1) is 13.8 Å². The van der Waals surface area contributed by atoms with Crippen LogP contribution in [-0.2, 0) is 0 Å². The van der Waals surface area contributed by atoms with Crippen molar-refractivity contribution in [2.75, 3.05) is 5.43 Å². The minimum absolute atomic E-state index is 0.448. The number of hydrogen-bond acceptors (Lipinski definition) is 5. The Hall–Kier alpha value is -2.14. The molecule has 0 aliphatic heterocycles. The summed E-state index contributed by atoms with van der Waals surface area (Å²) in [6.45, 7) is 4.10. The summed E-state index contributed by atoms with van der Waals surface area (Å²) >= 11 is 0. The second-order valence-electron chi connectivity index (χ2n) is 5.17. The molecule has 1 aliphatic carbocycles. The molecule has 1 aromatic heterocycles. The molecule has 3 N–H and O–H groups in total. The topological polar surface area (TPSA) is 73.1 Å². The van der Waals surface area contributed by atoms with E-state index in [4.69, 9.17) is 10.6 Å². The molecule has 1 heterocycles. The normalized spacial score (nSPS) is 14.2. The molecule has 1 saturated carbocycles. The highest BCUT2D eigenvalue weighted by Gasteiger charge is 2.27. The minimum Gasteiger partial charge on any atom is -0.439 e. The van der Waals surface area contributed by atoms with Gasteiger partial charge in [-0.15, -0.1) is 0 Å². The summed E-state index contributed by atoms with van der Waals surface area (Å²) in [6.07, 6.45) is 2.27. The molecule has 0 unspecified atom stereocenters. The number of ether oxygens (including phenoxy) is 1. The molecule has 0 atom stereocenters. The molecule has 5 nitrogen and oxygen atoms in total. The van der Waals surface area contributed by atoms with Crippen LogP contribution in [0.4, 0.5) is 5.82 Å². The number of hydrazine groups is 1. The van der Waals surface area contributed by atoms with Crippen molar-refractivity contribution < 1.29 is 4.74 Å². The second kappa shape index (κ2) is 5.09. The molecule has 0 spiro atoms. The number of nitrogens with one attached hydrogen (secondary N) is 1. The predicted molar refractivity (Wildman–Crippen MR) is 77.8 cm³/mol. The third-order valence-electron chi connectivity index (χ3n) is 3.58. The van der Waals surface area contributed by atoms with Crippen LogP contribution in [-0.4, -0.2) is 9.97 Å². The monoisotopic (exact) mass is 270 g/mol. The van der Waals surface area contributed by atoms with Crippen molar-refractivity contribution in [3.05, 3.63) is 41.2 Å². The number of aryl methyl sites for hydroxylation is 1. The quantitative estimate of drug-likeness (QED) is 0.660. The van der Waals surface area contributed by atoms with E-state index >= 15 is 0 Å². The summed E-state index contributed by atoms with van der Waals surface area (Å²) < 4.78 is 5.90. The van der Waals surface area contributed by atoms with Gasteiger partial charge in [-0.1, -0.05) is 12.1 Å². The summed E-state index contributed by atoms with van der Waals surface area (Å²) in [6, 6.07) is 7.69. The van der Waals surface area contributed by atoms with Gasteiger partial charge in [0.25, 0.3) is 0 Å². The average molecular weight is 270 g/mol. The van der Waals surface area contributed by atoms with Gasteiger partial charge < -0.3 is 10.2 Å². The fraction of sp³-hybridized carbons (Fsp3) is 0.333. The zero-order valence-electron chi connectivity index (χ0n) is 11.7. The van der Waals surface area contributed by atoms with Crippen molar-refractivity contribution >= 4 is 5.82 Å². The zero-order valence-corrected chi connectivity index (χ0v) is 11.7. The number of aromatic nitrogens is 2. The lowest BCUT2D eigenvalue weighted by molar-refractivity contribution is 0.455. The summed E-state index contributed by atoms with van der Waals surface area (Å²) in [5.74, 6) is 8.64. The van der Waals surface area contributed by atoms with E-state index < -0.39 is 0 Å². The van der Waals surface area contributed by atoms with Gasteiger partial charge in [0.1, 0.15) is 17.4 Å². The Balaban J connectivity index is 1.93. The van der Waals surface area contributed by atoms with Crippen LogP contribution in [0.1, 0.15) is 35.7 Å². The molecule has 0 bridgehead atoms. The van der Waals surface area contributed by atoms with Crippen LogP contribution in [0.5, 0.6) is 11.6 Å². The maximum absolute atomic E-state index is 5.90. The number of nitrogens with two attached hydrogens (primary N) is 1. The second-order valence-corrected chi connectivity index (χ2v) is 5.17. The van der Waals surface area contributed by atoms with Crippen LogP contribution in [0.25, 0.3) is 0 Å². The molecule has 2 aromatic rings. The molecule has 0 amide bonds. The first-order valence-corrected chi connectivity index (χ1v) is 6.77. The van der Waals surface area contributed by atoms with E-state index in [-0.39, 0.29) is 0 Å². The summed E-state index contributed by atoms with van der Waals surface area (Å²) in [7, 11) is 0. The van der Waals surface area contributed by atoms with E-state index in [0.29, 0.717) is 17.6 Å². The molecule has 1 fully saturated rings. The maximum atomic E-state index is 5.90. The number of anilines is 1. The summed E-state index contributed by atoms with van der Waals surface area (Å²) in [5, 5.41) is 0. The van der Waals surface area contributed by atoms with E-state index in [2.05, 4.69) is 28.4 Å². The van der Waals surface area contributed by atoms with Crippen molar-refractivity contribution in [2.24, 2.45) is 5.84 Å². The first kappa shape index (κ1) is 12.9. The number of nitrogen functional groups attached to an aromatic ring is 1. The van der Waals surface area contributed by atoms with E-state index in [1.54, 1.807) is 6.07 Å². The Labute approximate surface area is 118 Å². The Bertz CT molecular complexity index is 638. The number of benzene rings is 1. The Kier molecular flexibility index (Phi) is 3.28. The van der Waals surface area contributed by atoms with E-state index in [9.17, 15) is 0 Å². The number of nitrogens with zero attached hydrogens (tertiary/aromatic N) is 2. The number of hydrogen-bond donors (Lipinski definition) is 2. The van der Waals surface area contributed by atoms with E-state index in [1.165, 1.54) is 5.56 Å². The Morgan fingerprint density at radius 2 is 2.05 bits per heavy atom. The molecule has 0 saturated heterocycles. The molecule has 1 aromatic carbocycles. The van der Waals surface area contributed by atoms with Crippen LogP contribution >= 0.6 is 0 Å². The molecule has 20 heavy (non-hydrogen) atoms. The van der Waals surface area contributed by atoms with E-state index in [0.717, 1.165) is 30.0 Å². The predicted octanol–water partition coefficient (Wildman–Crippen LogP) is 3.05. The molecular weight excluding hydrogens is 252 g/mol. The lowest BCUT2D eigenvalue weighted by atomic mass is 10.1. The first-order chi connectivity index (χ1) is 9.67. The van der Waals surface area contributed by atoms with Crippen molar-refractivity contribution in [3.63, 3.8) is 0 Å². The minimum atomic E-state index is 0.448. The molecule has 5 heteroatoms. The molecule has 104 valence electrons. The third kappa shape index (κ3) is 2.58. The fourth-order valence-electron chi connectivity index (χ4n) is 2.04. The molecule has 3 rings (SSSR count). The fourth-order valence-corrected chi connectivity index (χ4v) is 2.04. The van der Waals surface area contributed by atoms with Crippen LogP contribution in [0.2, 0.25) is 0 Å². The van der Waals surface area contributed by atoms with Gasteiger partial charge >= 0.3 is 0 Å². The molecule has 1 aliphatic rings. The van der Waals surface area contributed by atoms with Gasteiger partial charge in [-0.05, 0) is 43.9 Å². The van der Waals surface area contributed by atoms with Crippen molar-refractivity contribution in [1.29, 1.82) is 0 Å². The largest absolute Gasteiger partial charge is 0.439 e. The van der Waals surface area contributed by atoms with Gasteiger partial charge in [0, 0.05) is 12.0 Å². The third-order valence-corrected chi connectivity index (χ3v) is 3.58. The van der Waals surface area contributed by atoms with Gasteiger partial charge in [-0.25, -0.2) is 10.8 Å². The summed E-state index contributed by atoms with van der Waals surface area (Å²) in [4.78, 5) is 8.85. The lowest BCUT2D eigenvalue weighted by Crippen LogP contribution is -2.10. The number of rotatable bonds is 4. The van der Waals surface area contributed by atoms with Crippen LogP contribution in [0.3, 0.4) is 0 Å². The Morgan fingerprint density at radius 1 is 1.25 bits per heavy atom. The van der Waals surface area contributed by atoms with E-state index in [1.807, 2.05) is 19.1 Å². The summed E-state index contributed by atoms with van der Waals surface area (Å²) in [5.41, 5.74) is 4.87. The van der Waals surface area contributed by atoms with Gasteiger partial charge in [0.2, 0.25) is 5.88 Å². The van der Waals surface area contributed by atoms with Crippen molar-refractivity contribution in [2.45, 2.75) is 32.6 Å². The highest BCUT2D eigenvalue weighted by Crippen LogP contribution is 2.39. The highest BCUT2D eigenvalue weighted by molar-refractivity contribution is 5.43. The highest BCUT2D eigenvalue weighted by atomic mass is 16.5. The average Bonchev–Trinajstić information content (AvgIpc) is 3.28. The van der Waals surface area contributed by atoms with Gasteiger partial charge in [-0.3, -0.25) is 0 Å². The van der Waals surface area contributed by atoms with Crippen LogP contribution < -0.4 is 16.0 Å². The molecule has 0 radical (unpaired) electrons. The van der Waals surface area contributed by atoms with Gasteiger partial charge in [-0.2, -0.15) is 4.98 Å². The standard InChI is InChI=1S/C15H18N4O/c1-9-4-3-5-12(10(9)2)20-14-8-13(19-16)17-15(18-14)11-6-7-11/h3-5,8,11H,6-7,16H2,1-2H3,(H,17,18,19). The van der Waals surface area contributed by atoms with Gasteiger partial charge in [0.05, 0.1) is 0 Å². The maximum Gasteiger partial charge on any atom is 0.224 e. The SMILES string of the molecule is Cc1cccc(Oc2cc(NN)nc(C3CC3)n2)c1C. The zero-order chi connectivity index (χ0) is 14.1. The lowest BCUT2D eigenvalue weighted by Gasteiger charge is -2.11. The van der Waals surface area contributed by atoms with Crippen LogP contribution in [0.15, 0.2) is 24.3 Å². The molecular formula is C15H18N4O. The van der Waals surface area contributed by atoms with Crippen molar-refractivity contribution in [1.82, 2.24) is 9.97 Å². The smallest absolute Gasteiger partial charge is 0.224 e. The Morgan fingerprint density at radius 3 is 2.75 bits per heavy atom. The van der Waals surface area contributed by atoms with Crippen molar-refractivity contribution in [3.8, 4) is 11.6 Å². The van der Waals surface area contributed by atoms with Gasteiger partial charge in [0.15, 0.2) is 0 Å².